The molecule has 1 spiro atoms. The van der Waals surface area contributed by atoms with Crippen LogP contribution in [0.15, 0.2) is 0 Å². The zero-order chi connectivity index (χ0) is 18.2. The Morgan fingerprint density at radius 1 is 1.29 bits per heavy atom. The molecular weight excluding hydrogens is 351 g/mol. The van der Waals surface area contributed by atoms with E-state index in [1.165, 1.54) is 6.42 Å². The normalized spacial score (nSPS) is 23.7. The quantitative estimate of drug-likeness (QED) is 0.671. The molecule has 0 bridgehead atoms. The molecule has 0 amide bonds. The maximum absolute atomic E-state index is 11.6. The molecule has 3 rings (SSSR count). The molecule has 3 fully saturated rings. The summed E-state index contributed by atoms with van der Waals surface area (Å²) in [6, 6.07) is 0.160. The predicted octanol–water partition coefficient (Wildman–Crippen LogP) is 0.677. The van der Waals surface area contributed by atoms with Crippen molar-refractivity contribution in [3.63, 3.8) is 0 Å². The predicted molar refractivity (Wildman–Crippen MR) is 79.2 cm³/mol. The summed E-state index contributed by atoms with van der Waals surface area (Å²) in [5.41, 5.74) is 0.396. The second-order valence-electron chi connectivity index (χ2n) is 6.88. The van der Waals surface area contributed by atoms with Crippen LogP contribution in [0, 0.1) is 11.3 Å². The van der Waals surface area contributed by atoms with E-state index in [1.54, 1.807) is 4.31 Å². The lowest BCUT2D eigenvalue weighted by molar-refractivity contribution is -0.192. The first kappa shape index (κ1) is 19.4. The van der Waals surface area contributed by atoms with Crippen LogP contribution in [-0.2, 0) is 15.0 Å². The van der Waals surface area contributed by atoms with E-state index in [0.717, 1.165) is 38.8 Å². The van der Waals surface area contributed by atoms with E-state index in [0.29, 0.717) is 17.9 Å². The average Bonchev–Trinajstić information content (AvgIpc) is 2.24. The fourth-order valence-corrected chi connectivity index (χ4v) is 4.28. The molecule has 2 saturated carbocycles. The van der Waals surface area contributed by atoms with Crippen LogP contribution in [0.4, 0.5) is 13.2 Å². The molecule has 7 nitrogen and oxygen atoms in total. The minimum absolute atomic E-state index is 0.160. The van der Waals surface area contributed by atoms with Crippen molar-refractivity contribution >= 4 is 16.2 Å². The number of carbonyl (C=O) groups is 1. The molecule has 140 valence electrons. The van der Waals surface area contributed by atoms with E-state index in [-0.39, 0.29) is 6.04 Å². The average molecular weight is 373 g/mol. The molecule has 0 unspecified atom stereocenters. The van der Waals surface area contributed by atoms with E-state index in [1.807, 2.05) is 0 Å². The smallest absolute Gasteiger partial charge is 0.475 e. The number of nitrogens with zero attached hydrogens (tertiary/aromatic N) is 1. The summed E-state index contributed by atoms with van der Waals surface area (Å²) < 4.78 is 56.6. The van der Waals surface area contributed by atoms with Crippen LogP contribution in [0.25, 0.3) is 0 Å². The van der Waals surface area contributed by atoms with Gasteiger partial charge in [0, 0.05) is 25.7 Å². The number of hydrogen-bond donors (Lipinski definition) is 3. The van der Waals surface area contributed by atoms with Crippen LogP contribution in [0.2, 0.25) is 0 Å². The fraction of sp³-hybridized carbons (Fsp3) is 0.923. The van der Waals surface area contributed by atoms with Crippen molar-refractivity contribution in [1.82, 2.24) is 9.62 Å². The number of nitrogens with one attached hydrogen (secondary N) is 1. The molecule has 0 aromatic rings. The Kier molecular flexibility index (Phi) is 5.48. The zero-order valence-corrected chi connectivity index (χ0v) is 13.9. The lowest BCUT2D eigenvalue weighted by atomic mass is 9.61. The molecule has 2 aliphatic carbocycles. The van der Waals surface area contributed by atoms with Crippen LogP contribution in [0.3, 0.4) is 0 Å². The topological polar surface area (TPSA) is 113 Å². The maximum atomic E-state index is 11.6. The van der Waals surface area contributed by atoms with Crippen molar-refractivity contribution in [2.45, 2.75) is 44.3 Å². The second-order valence-corrected chi connectivity index (χ2v) is 8.38. The van der Waals surface area contributed by atoms with Crippen LogP contribution in [0.1, 0.15) is 32.1 Å². The number of halogens is 3. The molecule has 0 atom stereocenters. The van der Waals surface area contributed by atoms with Gasteiger partial charge in [0.2, 0.25) is 0 Å². The Bertz CT molecular complexity index is 566. The van der Waals surface area contributed by atoms with Gasteiger partial charge in [0.15, 0.2) is 0 Å². The van der Waals surface area contributed by atoms with E-state index in [4.69, 9.17) is 15.0 Å². The molecule has 24 heavy (non-hydrogen) atoms. The minimum Gasteiger partial charge on any atom is -0.475 e. The Morgan fingerprint density at radius 3 is 2.04 bits per heavy atom. The van der Waals surface area contributed by atoms with Gasteiger partial charge in [-0.3, -0.25) is 0 Å². The van der Waals surface area contributed by atoms with Crippen molar-refractivity contribution < 1.29 is 31.5 Å². The minimum atomic E-state index is -5.08. The van der Waals surface area contributed by atoms with Crippen molar-refractivity contribution in [2.24, 2.45) is 16.5 Å². The third-order valence-corrected chi connectivity index (χ3v) is 6.08. The fourth-order valence-electron chi connectivity index (χ4n) is 3.30. The molecular formula is C13H22F3N3O4S. The van der Waals surface area contributed by atoms with Gasteiger partial charge in [0.25, 0.3) is 10.2 Å². The van der Waals surface area contributed by atoms with E-state index >= 15 is 0 Å². The molecule has 11 heteroatoms. The Balaban J connectivity index is 0.000000256. The highest BCUT2D eigenvalue weighted by Crippen LogP contribution is 2.47. The van der Waals surface area contributed by atoms with E-state index in [9.17, 15) is 21.6 Å². The second kappa shape index (κ2) is 6.77. The van der Waals surface area contributed by atoms with Crippen LogP contribution in [0.5, 0.6) is 0 Å². The van der Waals surface area contributed by atoms with Gasteiger partial charge in [-0.05, 0) is 37.0 Å². The third kappa shape index (κ3) is 4.58. The highest BCUT2D eigenvalue weighted by atomic mass is 32.2. The molecule has 0 aromatic carbocycles. The van der Waals surface area contributed by atoms with Gasteiger partial charge in [-0.1, -0.05) is 6.42 Å². The number of alkyl halides is 3. The van der Waals surface area contributed by atoms with Crippen LogP contribution >= 0.6 is 0 Å². The summed E-state index contributed by atoms with van der Waals surface area (Å²) >= 11 is 0. The third-order valence-electron chi connectivity index (χ3n) is 4.98. The highest BCUT2D eigenvalue weighted by molar-refractivity contribution is 7.86. The number of hydrogen-bond acceptors (Lipinski definition) is 4. The Hall–Kier alpha value is -0.910. The molecule has 1 heterocycles. The van der Waals surface area contributed by atoms with Gasteiger partial charge < -0.3 is 10.4 Å². The van der Waals surface area contributed by atoms with Gasteiger partial charge in [0.05, 0.1) is 0 Å². The van der Waals surface area contributed by atoms with Crippen molar-refractivity contribution in [2.75, 3.05) is 19.6 Å². The number of nitrogens with two attached hydrogens (primary N) is 1. The number of aliphatic carboxylic acids is 1. The first-order valence-corrected chi connectivity index (χ1v) is 9.24. The summed E-state index contributed by atoms with van der Waals surface area (Å²) in [6.07, 6.45) is 0.449. The zero-order valence-electron chi connectivity index (χ0n) is 13.1. The summed E-state index contributed by atoms with van der Waals surface area (Å²) in [7, 11) is -3.52. The van der Waals surface area contributed by atoms with Gasteiger partial charge in [0.1, 0.15) is 0 Å². The first-order valence-electron chi connectivity index (χ1n) is 7.73. The molecule has 4 N–H and O–H groups in total. The Labute approximate surface area is 138 Å². The van der Waals surface area contributed by atoms with Gasteiger partial charge in [-0.25, -0.2) is 9.93 Å². The van der Waals surface area contributed by atoms with Crippen molar-refractivity contribution in [3.05, 3.63) is 0 Å². The SMILES string of the molecule is NS(=O)(=O)N(CC1CCC1)C1CC2(CNC2)C1.O=C(O)C(F)(F)F. The lowest BCUT2D eigenvalue weighted by Gasteiger charge is -2.56. The summed E-state index contributed by atoms with van der Waals surface area (Å²) in [5.74, 6) is -2.21. The summed E-state index contributed by atoms with van der Waals surface area (Å²) in [6.45, 7) is 2.74. The van der Waals surface area contributed by atoms with Crippen LogP contribution < -0.4 is 10.5 Å². The van der Waals surface area contributed by atoms with E-state index in [2.05, 4.69) is 5.32 Å². The highest BCUT2D eigenvalue weighted by Gasteiger charge is 2.52. The van der Waals surface area contributed by atoms with Crippen molar-refractivity contribution in [1.29, 1.82) is 0 Å². The van der Waals surface area contributed by atoms with Gasteiger partial charge in [-0.15, -0.1) is 0 Å². The van der Waals surface area contributed by atoms with E-state index < -0.39 is 22.4 Å². The first-order chi connectivity index (χ1) is 10.9. The lowest BCUT2D eigenvalue weighted by Crippen LogP contribution is -2.66. The standard InChI is InChI=1S/C11H21N3O2S.C2HF3O2/c12-17(15,16)14(6-9-2-1-3-9)10-4-11(5-10)7-13-8-11;3-2(4,5)1(6)7/h9-10,13H,1-8H2,(H2,12,15,16);(H,6,7). The van der Waals surface area contributed by atoms with Gasteiger partial charge >= 0.3 is 12.1 Å². The molecule has 3 aliphatic rings. The molecule has 1 saturated heterocycles. The monoisotopic (exact) mass is 373 g/mol. The molecule has 1 aliphatic heterocycles. The largest absolute Gasteiger partial charge is 0.490 e. The van der Waals surface area contributed by atoms with Gasteiger partial charge in [-0.2, -0.15) is 25.9 Å². The number of carboxylic acid groups (broad SMARTS) is 1. The number of rotatable bonds is 4. The number of carboxylic acids is 1. The van der Waals surface area contributed by atoms with Crippen LogP contribution in [-0.4, -0.2) is 55.7 Å². The molecule has 0 aromatic heterocycles. The summed E-state index contributed by atoms with van der Waals surface area (Å²) in [4.78, 5) is 8.90. The molecule has 0 radical (unpaired) electrons. The Morgan fingerprint density at radius 2 is 1.79 bits per heavy atom. The maximum Gasteiger partial charge on any atom is 0.490 e. The summed E-state index contributed by atoms with van der Waals surface area (Å²) in [5, 5.41) is 15.7. The van der Waals surface area contributed by atoms with Crippen molar-refractivity contribution in [3.8, 4) is 0 Å².